The fourth-order valence-electron chi connectivity index (χ4n) is 2.54. The summed E-state index contributed by atoms with van der Waals surface area (Å²) in [6.45, 7) is 5.18. The Bertz CT molecular complexity index is 443. The number of nitrogens with two attached hydrogens (primary N) is 1. The van der Waals surface area contributed by atoms with Crippen molar-refractivity contribution < 1.29 is 19.1 Å². The summed E-state index contributed by atoms with van der Waals surface area (Å²) in [6, 6.07) is -0.650. The molecule has 1 aliphatic heterocycles. The molecule has 2 rings (SSSR count). The predicted molar refractivity (Wildman–Crippen MR) is 70.5 cm³/mol. The number of ether oxygens (including phenoxy) is 1. The molecule has 1 aliphatic carbocycles. The van der Waals surface area contributed by atoms with Crippen molar-refractivity contribution in [3.8, 4) is 0 Å². The molecule has 0 aromatic carbocycles. The van der Waals surface area contributed by atoms with Crippen LogP contribution in [0.15, 0.2) is 0 Å². The van der Waals surface area contributed by atoms with Crippen LogP contribution in [0.3, 0.4) is 0 Å². The van der Waals surface area contributed by atoms with Crippen molar-refractivity contribution in [1.82, 2.24) is 10.6 Å². The van der Waals surface area contributed by atoms with E-state index in [1.54, 1.807) is 20.8 Å². The lowest BCUT2D eigenvalue weighted by Crippen LogP contribution is -2.48. The predicted octanol–water partition coefficient (Wildman–Crippen LogP) is -0.110. The molecule has 2 aliphatic rings. The smallest absolute Gasteiger partial charge is 0.408 e. The lowest BCUT2D eigenvalue weighted by atomic mass is 9.95. The SMILES string of the molecule is CC(C)(C)OC(=O)NC(C[C@H]1C(=O)N[C@H]2C[C@H]21)C(N)=O. The number of rotatable bonds is 4. The van der Waals surface area contributed by atoms with Gasteiger partial charge < -0.3 is 21.1 Å². The van der Waals surface area contributed by atoms with Gasteiger partial charge in [0.05, 0.1) is 0 Å². The zero-order chi connectivity index (χ0) is 15.1. The zero-order valence-electron chi connectivity index (χ0n) is 11.9. The molecule has 1 saturated carbocycles. The van der Waals surface area contributed by atoms with Gasteiger partial charge in [-0.1, -0.05) is 0 Å². The van der Waals surface area contributed by atoms with E-state index in [1.165, 1.54) is 0 Å². The van der Waals surface area contributed by atoms with Crippen molar-refractivity contribution in [3.63, 3.8) is 0 Å². The molecule has 0 spiro atoms. The third kappa shape index (κ3) is 3.40. The second-order valence-electron chi connectivity index (χ2n) is 6.46. The van der Waals surface area contributed by atoms with Crippen LogP contribution in [0.4, 0.5) is 4.79 Å². The van der Waals surface area contributed by atoms with Gasteiger partial charge in [-0.05, 0) is 39.5 Å². The first-order chi connectivity index (χ1) is 9.17. The van der Waals surface area contributed by atoms with Gasteiger partial charge in [0.1, 0.15) is 11.6 Å². The highest BCUT2D eigenvalue weighted by molar-refractivity contribution is 5.87. The van der Waals surface area contributed by atoms with Crippen molar-refractivity contribution in [2.45, 2.75) is 51.3 Å². The van der Waals surface area contributed by atoms with Gasteiger partial charge in [0, 0.05) is 12.0 Å². The van der Waals surface area contributed by atoms with Crippen molar-refractivity contribution in [2.75, 3.05) is 0 Å². The number of hydrogen-bond donors (Lipinski definition) is 3. The summed E-state index contributed by atoms with van der Waals surface area (Å²) in [7, 11) is 0. The minimum Gasteiger partial charge on any atom is -0.444 e. The van der Waals surface area contributed by atoms with E-state index in [0.29, 0.717) is 0 Å². The number of hydrogen-bond acceptors (Lipinski definition) is 4. The number of nitrogens with one attached hydrogen (secondary N) is 2. The summed E-state index contributed by atoms with van der Waals surface area (Å²) < 4.78 is 5.09. The highest BCUT2D eigenvalue weighted by atomic mass is 16.6. The van der Waals surface area contributed by atoms with Gasteiger partial charge in [0.15, 0.2) is 0 Å². The number of alkyl carbamates (subject to hydrolysis) is 1. The van der Waals surface area contributed by atoms with Gasteiger partial charge in [-0.3, -0.25) is 9.59 Å². The number of piperidine rings is 1. The van der Waals surface area contributed by atoms with Gasteiger partial charge in [-0.15, -0.1) is 0 Å². The van der Waals surface area contributed by atoms with Crippen molar-refractivity contribution in [3.05, 3.63) is 0 Å². The lowest BCUT2D eigenvalue weighted by molar-refractivity contribution is -0.125. The molecule has 7 nitrogen and oxygen atoms in total. The topological polar surface area (TPSA) is 111 Å². The molecule has 1 unspecified atom stereocenters. The third-order valence-electron chi connectivity index (χ3n) is 3.55. The molecular weight excluding hydrogens is 262 g/mol. The Morgan fingerprint density at radius 2 is 2.15 bits per heavy atom. The van der Waals surface area contributed by atoms with Gasteiger partial charge in [0.25, 0.3) is 0 Å². The van der Waals surface area contributed by atoms with E-state index in [4.69, 9.17) is 10.5 Å². The van der Waals surface area contributed by atoms with E-state index in [2.05, 4.69) is 10.6 Å². The fraction of sp³-hybridized carbons (Fsp3) is 0.769. The Hall–Kier alpha value is -1.79. The minimum absolute atomic E-state index is 0.0662. The number of carbonyl (C=O) groups is 3. The van der Waals surface area contributed by atoms with E-state index >= 15 is 0 Å². The molecule has 0 bridgehead atoms. The van der Waals surface area contributed by atoms with Gasteiger partial charge in [0.2, 0.25) is 11.8 Å². The number of amides is 3. The van der Waals surface area contributed by atoms with Gasteiger partial charge >= 0.3 is 6.09 Å². The summed E-state index contributed by atoms with van der Waals surface area (Å²) in [5, 5.41) is 5.29. The molecule has 4 atom stereocenters. The molecule has 2 fully saturated rings. The number of fused-ring (bicyclic) bond motifs is 1. The Balaban J connectivity index is 1.92. The maximum absolute atomic E-state index is 11.7. The van der Waals surface area contributed by atoms with Crippen LogP contribution in [0.1, 0.15) is 33.6 Å². The Morgan fingerprint density at radius 3 is 2.60 bits per heavy atom. The Labute approximate surface area is 117 Å². The first-order valence-electron chi connectivity index (χ1n) is 6.76. The molecule has 0 aromatic rings. The molecule has 0 aromatic heterocycles. The Morgan fingerprint density at radius 1 is 1.50 bits per heavy atom. The van der Waals surface area contributed by atoms with Crippen molar-refractivity contribution >= 4 is 17.9 Å². The molecule has 1 saturated heterocycles. The largest absolute Gasteiger partial charge is 0.444 e. The molecular formula is C13H21N3O4. The van der Waals surface area contributed by atoms with Gasteiger partial charge in [-0.25, -0.2) is 4.79 Å². The van der Waals surface area contributed by atoms with Crippen LogP contribution < -0.4 is 16.4 Å². The monoisotopic (exact) mass is 283 g/mol. The van der Waals surface area contributed by atoms with E-state index in [-0.39, 0.29) is 30.2 Å². The molecule has 0 radical (unpaired) electrons. The molecule has 1 heterocycles. The molecule has 20 heavy (non-hydrogen) atoms. The molecule has 7 heteroatoms. The van der Waals surface area contributed by atoms with Gasteiger partial charge in [-0.2, -0.15) is 0 Å². The highest BCUT2D eigenvalue weighted by Gasteiger charge is 2.53. The van der Waals surface area contributed by atoms with Crippen LogP contribution in [-0.2, 0) is 14.3 Å². The van der Waals surface area contributed by atoms with Crippen LogP contribution in [0, 0.1) is 11.8 Å². The minimum atomic E-state index is -0.889. The average Bonchev–Trinajstić information content (AvgIpc) is 2.93. The van der Waals surface area contributed by atoms with Crippen LogP contribution >= 0.6 is 0 Å². The molecule has 3 amide bonds. The third-order valence-corrected chi connectivity index (χ3v) is 3.55. The second kappa shape index (κ2) is 4.96. The first-order valence-corrected chi connectivity index (χ1v) is 6.76. The number of primary amides is 1. The first kappa shape index (κ1) is 14.6. The zero-order valence-corrected chi connectivity index (χ0v) is 11.9. The van der Waals surface area contributed by atoms with Crippen molar-refractivity contribution in [2.24, 2.45) is 17.6 Å². The average molecular weight is 283 g/mol. The second-order valence-corrected chi connectivity index (χ2v) is 6.46. The molecule has 112 valence electrons. The van der Waals surface area contributed by atoms with E-state index in [1.807, 2.05) is 0 Å². The van der Waals surface area contributed by atoms with Crippen LogP contribution in [0.2, 0.25) is 0 Å². The summed E-state index contributed by atoms with van der Waals surface area (Å²) in [5.41, 5.74) is 4.64. The van der Waals surface area contributed by atoms with Crippen molar-refractivity contribution in [1.29, 1.82) is 0 Å². The lowest BCUT2D eigenvalue weighted by Gasteiger charge is -2.23. The summed E-state index contributed by atoms with van der Waals surface area (Å²) >= 11 is 0. The Kier molecular flexibility index (Phi) is 3.62. The van der Waals surface area contributed by atoms with E-state index in [9.17, 15) is 14.4 Å². The number of carbonyl (C=O) groups excluding carboxylic acids is 3. The summed E-state index contributed by atoms with van der Waals surface area (Å²) in [4.78, 5) is 34.8. The van der Waals surface area contributed by atoms with E-state index in [0.717, 1.165) is 6.42 Å². The standard InChI is InChI=1S/C13H21N3O4/c1-13(2,3)20-12(19)16-9(10(14)17)5-7-6-4-8(6)15-11(7)18/h6-9H,4-5H2,1-3H3,(H2,14,17)(H,15,18)(H,16,19)/t6-,7+,8-,9?/m0/s1. The van der Waals surface area contributed by atoms with Crippen LogP contribution in [0.25, 0.3) is 0 Å². The summed E-state index contributed by atoms with van der Waals surface area (Å²) in [6.07, 6.45) is 0.461. The van der Waals surface area contributed by atoms with Crippen LogP contribution in [0.5, 0.6) is 0 Å². The van der Waals surface area contributed by atoms with E-state index < -0.39 is 23.6 Å². The maximum Gasteiger partial charge on any atom is 0.408 e. The normalized spacial score (nSPS) is 29.1. The summed E-state index contributed by atoms with van der Waals surface area (Å²) in [5.74, 6) is -0.714. The van der Waals surface area contributed by atoms with Crippen LogP contribution in [-0.4, -0.2) is 35.6 Å². The molecule has 4 N–H and O–H groups in total. The quantitative estimate of drug-likeness (QED) is 0.668. The fourth-order valence-corrected chi connectivity index (χ4v) is 2.54. The maximum atomic E-state index is 11.7. The highest BCUT2D eigenvalue weighted by Crippen LogP contribution is 2.44.